The number of ether oxygens (including phenoxy) is 2. The van der Waals surface area contributed by atoms with Gasteiger partial charge in [0.05, 0.1) is 18.9 Å². The number of fused-ring (bicyclic) bond motifs is 2. The summed E-state index contributed by atoms with van der Waals surface area (Å²) in [6.07, 6.45) is 1.26. The van der Waals surface area contributed by atoms with Gasteiger partial charge < -0.3 is 14.4 Å². The standard InChI is InChI=1S/C20H23N3O4S/c1-14-13-22(11-12-23(14)28(3,24)25)20-15-7-6-10-18(26-2)19(15)27-17-9-5-4-8-16(17)21-20/h4-10,14H,11-13H2,1-3H3. The fourth-order valence-electron chi connectivity index (χ4n) is 3.75. The Kier molecular flexibility index (Phi) is 4.76. The number of aliphatic imine (C=N–C) groups is 1. The molecule has 0 N–H and O–H groups in total. The summed E-state index contributed by atoms with van der Waals surface area (Å²) >= 11 is 0. The fourth-order valence-corrected chi connectivity index (χ4v) is 4.88. The SMILES string of the molecule is COc1cccc2c1Oc1ccccc1N=C2N1CCN(S(C)(=O)=O)C(C)C1. The molecule has 2 heterocycles. The van der Waals surface area contributed by atoms with Crippen molar-refractivity contribution < 1.29 is 17.9 Å². The van der Waals surface area contributed by atoms with E-state index in [1.807, 2.05) is 49.4 Å². The number of para-hydroxylation sites is 3. The van der Waals surface area contributed by atoms with Crippen molar-refractivity contribution in [2.24, 2.45) is 4.99 Å². The molecule has 0 amide bonds. The summed E-state index contributed by atoms with van der Waals surface area (Å²) in [6.45, 7) is 3.43. The molecule has 148 valence electrons. The van der Waals surface area contributed by atoms with Crippen LogP contribution in [-0.4, -0.2) is 62.5 Å². The van der Waals surface area contributed by atoms with Crippen molar-refractivity contribution in [2.45, 2.75) is 13.0 Å². The molecule has 2 aromatic rings. The first-order valence-electron chi connectivity index (χ1n) is 9.13. The molecule has 0 bridgehead atoms. The summed E-state index contributed by atoms with van der Waals surface area (Å²) in [5, 5.41) is 0. The van der Waals surface area contributed by atoms with Crippen molar-refractivity contribution in [3.05, 3.63) is 48.0 Å². The Labute approximate surface area is 165 Å². The second-order valence-electron chi connectivity index (χ2n) is 7.01. The zero-order valence-corrected chi connectivity index (χ0v) is 16.9. The Balaban J connectivity index is 1.79. The van der Waals surface area contributed by atoms with E-state index in [1.165, 1.54) is 10.6 Å². The summed E-state index contributed by atoms with van der Waals surface area (Å²) in [6, 6.07) is 13.2. The highest BCUT2D eigenvalue weighted by atomic mass is 32.2. The van der Waals surface area contributed by atoms with E-state index in [9.17, 15) is 8.42 Å². The molecule has 2 aliphatic rings. The van der Waals surface area contributed by atoms with E-state index >= 15 is 0 Å². The van der Waals surface area contributed by atoms with Crippen molar-refractivity contribution in [1.82, 2.24) is 9.21 Å². The molecule has 0 spiro atoms. The third kappa shape index (κ3) is 3.33. The second-order valence-corrected chi connectivity index (χ2v) is 8.95. The van der Waals surface area contributed by atoms with Gasteiger partial charge in [-0.2, -0.15) is 4.31 Å². The zero-order valence-electron chi connectivity index (χ0n) is 16.1. The molecule has 8 heteroatoms. The second kappa shape index (κ2) is 7.10. The van der Waals surface area contributed by atoms with Crippen LogP contribution in [-0.2, 0) is 10.0 Å². The van der Waals surface area contributed by atoms with Crippen molar-refractivity contribution >= 4 is 21.5 Å². The molecular formula is C20H23N3O4S. The van der Waals surface area contributed by atoms with Gasteiger partial charge in [-0.3, -0.25) is 0 Å². The number of nitrogens with zero attached hydrogens (tertiary/aromatic N) is 3. The van der Waals surface area contributed by atoms with Gasteiger partial charge in [0.25, 0.3) is 0 Å². The molecular weight excluding hydrogens is 378 g/mol. The maximum Gasteiger partial charge on any atom is 0.211 e. The van der Waals surface area contributed by atoms with Gasteiger partial charge in [-0.05, 0) is 31.2 Å². The van der Waals surface area contributed by atoms with Gasteiger partial charge in [-0.25, -0.2) is 13.4 Å². The Hall–Kier alpha value is -2.58. The molecule has 0 aromatic heterocycles. The summed E-state index contributed by atoms with van der Waals surface area (Å²) in [5.41, 5.74) is 1.56. The molecule has 7 nitrogen and oxygen atoms in total. The molecule has 4 rings (SSSR count). The van der Waals surface area contributed by atoms with Crippen LogP contribution >= 0.6 is 0 Å². The monoisotopic (exact) mass is 401 g/mol. The highest BCUT2D eigenvalue weighted by Crippen LogP contribution is 2.42. The molecule has 0 saturated carbocycles. The maximum absolute atomic E-state index is 12.0. The first kappa shape index (κ1) is 18.8. The van der Waals surface area contributed by atoms with E-state index in [4.69, 9.17) is 14.5 Å². The van der Waals surface area contributed by atoms with E-state index in [1.54, 1.807) is 7.11 Å². The molecule has 1 saturated heterocycles. The molecule has 1 fully saturated rings. The number of rotatable bonds is 2. The fraction of sp³-hybridized carbons (Fsp3) is 0.350. The average molecular weight is 401 g/mol. The molecule has 28 heavy (non-hydrogen) atoms. The highest BCUT2D eigenvalue weighted by Gasteiger charge is 2.33. The van der Waals surface area contributed by atoms with Crippen LogP contribution in [0.2, 0.25) is 0 Å². The number of piperazine rings is 1. The van der Waals surface area contributed by atoms with Crippen LogP contribution < -0.4 is 9.47 Å². The Morgan fingerprint density at radius 3 is 2.64 bits per heavy atom. The number of benzene rings is 2. The largest absolute Gasteiger partial charge is 0.493 e. The molecule has 0 radical (unpaired) electrons. The number of amidine groups is 1. The zero-order chi connectivity index (χ0) is 19.9. The lowest BCUT2D eigenvalue weighted by Gasteiger charge is -2.39. The minimum absolute atomic E-state index is 0.153. The topological polar surface area (TPSA) is 71.4 Å². The summed E-state index contributed by atoms with van der Waals surface area (Å²) in [7, 11) is -1.62. The van der Waals surface area contributed by atoms with Gasteiger partial charge in [0, 0.05) is 25.7 Å². The van der Waals surface area contributed by atoms with Crippen molar-refractivity contribution in [3.8, 4) is 17.2 Å². The van der Waals surface area contributed by atoms with Gasteiger partial charge in [0.15, 0.2) is 17.2 Å². The summed E-state index contributed by atoms with van der Waals surface area (Å²) in [5.74, 6) is 2.67. The van der Waals surface area contributed by atoms with Crippen molar-refractivity contribution in [1.29, 1.82) is 0 Å². The van der Waals surface area contributed by atoms with Crippen LogP contribution in [0.3, 0.4) is 0 Å². The minimum Gasteiger partial charge on any atom is -0.493 e. The predicted octanol–water partition coefficient (Wildman–Crippen LogP) is 2.84. The number of methoxy groups -OCH3 is 1. The molecule has 2 aliphatic heterocycles. The van der Waals surface area contributed by atoms with Gasteiger partial charge in [0.1, 0.15) is 11.5 Å². The van der Waals surface area contributed by atoms with Crippen LogP contribution in [0, 0.1) is 0 Å². The van der Waals surface area contributed by atoms with Crippen LogP contribution in [0.15, 0.2) is 47.5 Å². The van der Waals surface area contributed by atoms with E-state index < -0.39 is 10.0 Å². The lowest BCUT2D eigenvalue weighted by Crippen LogP contribution is -2.55. The number of sulfonamides is 1. The maximum atomic E-state index is 12.0. The molecule has 1 unspecified atom stereocenters. The predicted molar refractivity (Wildman–Crippen MR) is 108 cm³/mol. The van der Waals surface area contributed by atoms with Gasteiger partial charge in [-0.1, -0.05) is 18.2 Å². The van der Waals surface area contributed by atoms with E-state index in [-0.39, 0.29) is 6.04 Å². The lowest BCUT2D eigenvalue weighted by molar-refractivity contribution is 0.207. The van der Waals surface area contributed by atoms with E-state index in [2.05, 4.69) is 4.90 Å². The Morgan fingerprint density at radius 1 is 1.14 bits per heavy atom. The van der Waals surface area contributed by atoms with E-state index in [0.717, 1.165) is 17.1 Å². The van der Waals surface area contributed by atoms with Crippen LogP contribution in [0.25, 0.3) is 0 Å². The Bertz CT molecular complexity index is 1040. The highest BCUT2D eigenvalue weighted by molar-refractivity contribution is 7.88. The third-order valence-corrected chi connectivity index (χ3v) is 6.43. The van der Waals surface area contributed by atoms with Crippen LogP contribution in [0.1, 0.15) is 12.5 Å². The third-order valence-electron chi connectivity index (χ3n) is 5.04. The van der Waals surface area contributed by atoms with Gasteiger partial charge in [-0.15, -0.1) is 0 Å². The lowest BCUT2D eigenvalue weighted by atomic mass is 10.1. The summed E-state index contributed by atoms with van der Waals surface area (Å²) in [4.78, 5) is 7.02. The average Bonchev–Trinajstić information content (AvgIpc) is 2.83. The van der Waals surface area contributed by atoms with Crippen LogP contribution in [0.5, 0.6) is 17.2 Å². The number of hydrogen-bond donors (Lipinski definition) is 0. The molecule has 1 atom stereocenters. The molecule has 0 aliphatic carbocycles. The molecule has 2 aromatic carbocycles. The first-order chi connectivity index (χ1) is 13.4. The van der Waals surface area contributed by atoms with Crippen molar-refractivity contribution in [2.75, 3.05) is 33.0 Å². The quantitative estimate of drug-likeness (QED) is 0.774. The first-order valence-corrected chi connectivity index (χ1v) is 11.0. The van der Waals surface area contributed by atoms with E-state index in [0.29, 0.717) is 36.9 Å². The smallest absolute Gasteiger partial charge is 0.211 e. The number of hydrogen-bond acceptors (Lipinski definition) is 6. The minimum atomic E-state index is -3.23. The summed E-state index contributed by atoms with van der Waals surface area (Å²) < 4.78 is 37.3. The van der Waals surface area contributed by atoms with Crippen molar-refractivity contribution in [3.63, 3.8) is 0 Å². The van der Waals surface area contributed by atoms with Crippen LogP contribution in [0.4, 0.5) is 5.69 Å². The Morgan fingerprint density at radius 2 is 1.93 bits per heavy atom. The normalized spacial score (nSPS) is 19.8. The van der Waals surface area contributed by atoms with Gasteiger partial charge in [0.2, 0.25) is 10.0 Å². The van der Waals surface area contributed by atoms with Gasteiger partial charge >= 0.3 is 0 Å².